The molecule has 1 saturated carbocycles. The van der Waals surface area contributed by atoms with Crippen LogP contribution in [0.25, 0.3) is 0 Å². The third-order valence-electron chi connectivity index (χ3n) is 8.29. The van der Waals surface area contributed by atoms with Gasteiger partial charge in [0.15, 0.2) is 0 Å². The summed E-state index contributed by atoms with van der Waals surface area (Å²) in [6.45, 7) is 3.55. The Morgan fingerprint density at radius 2 is 1.83 bits per heavy atom. The number of urea groups is 1. The minimum absolute atomic E-state index is 0.0159. The van der Waals surface area contributed by atoms with Crippen molar-refractivity contribution in [3.05, 3.63) is 35.9 Å². The molecule has 5 heterocycles. The van der Waals surface area contributed by atoms with Gasteiger partial charge in [-0.05, 0) is 37.2 Å². The van der Waals surface area contributed by atoms with Gasteiger partial charge in [0.2, 0.25) is 0 Å². The van der Waals surface area contributed by atoms with Gasteiger partial charge >= 0.3 is 6.03 Å². The van der Waals surface area contributed by atoms with Crippen molar-refractivity contribution in [1.29, 1.82) is 0 Å². The molecule has 6 aliphatic rings. The first-order valence-electron chi connectivity index (χ1n) is 11.3. The largest absolute Gasteiger partial charge is 0.385 e. The van der Waals surface area contributed by atoms with Crippen molar-refractivity contribution in [2.24, 2.45) is 5.92 Å². The molecule has 1 aromatic rings. The zero-order valence-electron chi connectivity index (χ0n) is 16.9. The Bertz CT molecular complexity index is 780. The molecule has 5 aliphatic heterocycles. The number of rotatable bonds is 3. The van der Waals surface area contributed by atoms with Crippen LogP contribution >= 0.6 is 0 Å². The molecule has 3 atom stereocenters. The van der Waals surface area contributed by atoms with E-state index in [0.29, 0.717) is 24.9 Å². The second-order valence-electron chi connectivity index (χ2n) is 10.1. The van der Waals surface area contributed by atoms with Crippen LogP contribution in [0.3, 0.4) is 0 Å². The van der Waals surface area contributed by atoms with Crippen molar-refractivity contribution in [1.82, 2.24) is 15.1 Å². The van der Waals surface area contributed by atoms with Gasteiger partial charge in [-0.3, -0.25) is 4.90 Å². The normalized spacial score (nSPS) is 43.0. The monoisotopic (exact) mass is 397 g/mol. The minimum atomic E-state index is -0.818. The lowest BCUT2D eigenvalue weighted by molar-refractivity contribution is -0.101. The Morgan fingerprint density at radius 3 is 2.55 bits per heavy atom. The van der Waals surface area contributed by atoms with E-state index in [4.69, 9.17) is 4.74 Å². The predicted octanol–water partition coefficient (Wildman–Crippen LogP) is 2.07. The van der Waals surface area contributed by atoms with E-state index in [0.717, 1.165) is 37.5 Å². The smallest absolute Gasteiger partial charge is 0.317 e. The molecule has 1 aliphatic carbocycles. The fourth-order valence-electron chi connectivity index (χ4n) is 6.91. The van der Waals surface area contributed by atoms with Crippen molar-refractivity contribution in [2.75, 3.05) is 26.2 Å². The maximum Gasteiger partial charge on any atom is 0.317 e. The number of benzene rings is 1. The number of piperidine rings is 1. The van der Waals surface area contributed by atoms with Crippen molar-refractivity contribution in [2.45, 2.75) is 67.9 Å². The molecule has 2 N–H and O–H groups in total. The lowest BCUT2D eigenvalue weighted by Crippen LogP contribution is -2.60. The van der Waals surface area contributed by atoms with Crippen molar-refractivity contribution < 1.29 is 14.6 Å². The van der Waals surface area contributed by atoms with Crippen LogP contribution in [0.4, 0.5) is 4.79 Å². The molecular formula is C23H31N3O3. The van der Waals surface area contributed by atoms with E-state index in [1.807, 2.05) is 35.2 Å². The first kappa shape index (κ1) is 18.2. The molecule has 0 aromatic heterocycles. The van der Waals surface area contributed by atoms with Gasteiger partial charge in [0.05, 0.1) is 18.3 Å². The van der Waals surface area contributed by atoms with Gasteiger partial charge in [-0.2, -0.15) is 0 Å². The average Bonchev–Trinajstić information content (AvgIpc) is 3.34. The number of fused-ring (bicyclic) bond motifs is 2. The molecule has 5 saturated heterocycles. The van der Waals surface area contributed by atoms with Gasteiger partial charge in [0.25, 0.3) is 0 Å². The van der Waals surface area contributed by atoms with Gasteiger partial charge in [-0.15, -0.1) is 0 Å². The van der Waals surface area contributed by atoms with E-state index in [9.17, 15) is 9.90 Å². The maximum atomic E-state index is 13.0. The van der Waals surface area contributed by atoms with E-state index in [-0.39, 0.29) is 24.2 Å². The molecule has 3 unspecified atom stereocenters. The molecular weight excluding hydrogens is 366 g/mol. The molecule has 4 bridgehead atoms. The number of nitrogens with one attached hydrogen (secondary N) is 1. The Hall–Kier alpha value is -1.63. The molecule has 6 heteroatoms. The first-order valence-corrected chi connectivity index (χ1v) is 11.3. The summed E-state index contributed by atoms with van der Waals surface area (Å²) < 4.78 is 6.12. The van der Waals surface area contributed by atoms with E-state index in [1.54, 1.807) is 0 Å². The Balaban J connectivity index is 1.07. The maximum absolute atomic E-state index is 13.0. The summed E-state index contributed by atoms with van der Waals surface area (Å²) in [7, 11) is 0. The average molecular weight is 398 g/mol. The predicted molar refractivity (Wildman–Crippen MR) is 108 cm³/mol. The number of hydrogen-bond acceptors (Lipinski definition) is 4. The highest BCUT2D eigenvalue weighted by Gasteiger charge is 2.58. The van der Waals surface area contributed by atoms with Crippen LogP contribution in [0.5, 0.6) is 0 Å². The van der Waals surface area contributed by atoms with Gasteiger partial charge < -0.3 is 20.1 Å². The summed E-state index contributed by atoms with van der Waals surface area (Å²) in [6, 6.07) is 10.2. The van der Waals surface area contributed by atoms with E-state index in [1.165, 1.54) is 19.4 Å². The molecule has 7 rings (SSSR count). The number of amides is 2. The quantitative estimate of drug-likeness (QED) is 0.820. The molecule has 1 aromatic carbocycles. The minimum Gasteiger partial charge on any atom is -0.385 e. The molecule has 1 spiro atoms. The van der Waals surface area contributed by atoms with E-state index in [2.05, 4.69) is 10.2 Å². The number of hydrogen-bond donors (Lipinski definition) is 2. The molecule has 0 radical (unpaired) electrons. The molecule has 6 fully saturated rings. The number of morpholine rings is 1. The van der Waals surface area contributed by atoms with Gasteiger partial charge in [0, 0.05) is 50.1 Å². The molecule has 156 valence electrons. The highest BCUT2D eigenvalue weighted by atomic mass is 16.5. The fourth-order valence-corrected chi connectivity index (χ4v) is 6.91. The van der Waals surface area contributed by atoms with E-state index >= 15 is 0 Å². The van der Waals surface area contributed by atoms with Crippen LogP contribution in [-0.2, 0) is 10.3 Å². The van der Waals surface area contributed by atoms with Crippen LogP contribution < -0.4 is 5.32 Å². The van der Waals surface area contributed by atoms with E-state index < -0.39 is 5.60 Å². The third-order valence-corrected chi connectivity index (χ3v) is 8.29. The fraction of sp³-hybridized carbons (Fsp3) is 0.696. The SMILES string of the molecule is O=C(NCC1CN2CC3CC2(CO1)C3)N1C2CCC1CC(O)(c1ccccc1)C2. The summed E-state index contributed by atoms with van der Waals surface area (Å²) in [5.74, 6) is 0.874. The van der Waals surface area contributed by atoms with Gasteiger partial charge in [-0.1, -0.05) is 30.3 Å². The topological polar surface area (TPSA) is 65.0 Å². The number of carbonyl (C=O) groups is 1. The third kappa shape index (κ3) is 2.83. The van der Waals surface area contributed by atoms with Crippen LogP contribution in [0, 0.1) is 5.92 Å². The molecule has 29 heavy (non-hydrogen) atoms. The standard InChI is InChI=1S/C23H31N3O3/c27-21(24-12-20-14-25-13-16-8-22(25,9-16)15-29-20)26-18-6-7-19(26)11-23(28,10-18)17-4-2-1-3-5-17/h1-5,16,18-20,28H,6-15H2,(H,24,27). The lowest BCUT2D eigenvalue weighted by Gasteiger charge is -2.47. The van der Waals surface area contributed by atoms with Gasteiger partial charge in [0.1, 0.15) is 0 Å². The lowest BCUT2D eigenvalue weighted by atomic mass is 9.73. The zero-order chi connectivity index (χ0) is 19.6. The molecule has 2 amide bonds. The highest BCUT2D eigenvalue weighted by Crippen LogP contribution is 2.52. The van der Waals surface area contributed by atoms with Crippen LogP contribution in [0.1, 0.15) is 44.1 Å². The number of nitrogens with zero attached hydrogens (tertiary/aromatic N) is 2. The van der Waals surface area contributed by atoms with Crippen molar-refractivity contribution >= 4 is 6.03 Å². The number of aliphatic hydroxyl groups is 1. The van der Waals surface area contributed by atoms with Crippen molar-refractivity contribution in [3.63, 3.8) is 0 Å². The van der Waals surface area contributed by atoms with Crippen LogP contribution in [-0.4, -0.2) is 70.9 Å². The zero-order valence-corrected chi connectivity index (χ0v) is 16.9. The van der Waals surface area contributed by atoms with Crippen LogP contribution in [0.2, 0.25) is 0 Å². The summed E-state index contributed by atoms with van der Waals surface area (Å²) in [5, 5.41) is 14.4. The summed E-state index contributed by atoms with van der Waals surface area (Å²) in [6.07, 6.45) is 5.89. The number of ether oxygens (including phenoxy) is 1. The summed E-state index contributed by atoms with van der Waals surface area (Å²) in [5.41, 5.74) is 0.491. The van der Waals surface area contributed by atoms with Crippen LogP contribution in [0.15, 0.2) is 30.3 Å². The second kappa shape index (κ2) is 6.43. The highest BCUT2D eigenvalue weighted by molar-refractivity contribution is 5.75. The Morgan fingerprint density at radius 1 is 1.10 bits per heavy atom. The van der Waals surface area contributed by atoms with Crippen molar-refractivity contribution in [3.8, 4) is 0 Å². The Labute approximate surface area is 172 Å². The number of carbonyl (C=O) groups excluding carboxylic acids is 1. The molecule has 6 nitrogen and oxygen atoms in total. The second-order valence-corrected chi connectivity index (χ2v) is 10.1. The van der Waals surface area contributed by atoms with Gasteiger partial charge in [-0.25, -0.2) is 4.79 Å². The summed E-state index contributed by atoms with van der Waals surface area (Å²) >= 11 is 0. The Kier molecular flexibility index (Phi) is 4.03. The summed E-state index contributed by atoms with van der Waals surface area (Å²) in [4.78, 5) is 17.6. The first-order chi connectivity index (χ1) is 14.0.